The maximum Gasteiger partial charge on any atom is 0.295 e. The van der Waals surface area contributed by atoms with Crippen LogP contribution in [-0.4, -0.2) is 35.4 Å². The molecular formula is C24H26BrNO4. The van der Waals surface area contributed by atoms with E-state index in [0.29, 0.717) is 22.3 Å². The van der Waals surface area contributed by atoms with Gasteiger partial charge in [-0.25, -0.2) is 0 Å². The van der Waals surface area contributed by atoms with Crippen molar-refractivity contribution >= 4 is 33.4 Å². The average molecular weight is 472 g/mol. The van der Waals surface area contributed by atoms with Crippen LogP contribution in [0.3, 0.4) is 0 Å². The van der Waals surface area contributed by atoms with E-state index in [-0.39, 0.29) is 11.3 Å². The molecule has 0 saturated carbocycles. The molecule has 1 aliphatic heterocycles. The number of hydrogen-bond donors (Lipinski definition) is 1. The lowest BCUT2D eigenvalue weighted by molar-refractivity contribution is -0.139. The highest BCUT2D eigenvalue weighted by molar-refractivity contribution is 9.10. The van der Waals surface area contributed by atoms with Crippen LogP contribution < -0.4 is 4.74 Å². The molecule has 1 amide bonds. The second kappa shape index (κ2) is 9.47. The van der Waals surface area contributed by atoms with E-state index in [2.05, 4.69) is 22.9 Å². The molecule has 0 aromatic heterocycles. The first-order valence-electron chi connectivity index (χ1n) is 10.1. The highest BCUT2D eigenvalue weighted by Crippen LogP contribution is 2.40. The minimum absolute atomic E-state index is 0.123. The summed E-state index contributed by atoms with van der Waals surface area (Å²) in [6.45, 7) is 4.57. The molecule has 30 heavy (non-hydrogen) atoms. The van der Waals surface area contributed by atoms with E-state index in [9.17, 15) is 14.7 Å². The Hall–Kier alpha value is -2.60. The van der Waals surface area contributed by atoms with Crippen molar-refractivity contribution in [2.75, 3.05) is 13.7 Å². The number of carbonyl (C=O) groups excluding carboxylic acids is 2. The Kier molecular flexibility index (Phi) is 6.98. The van der Waals surface area contributed by atoms with Crippen LogP contribution in [0.25, 0.3) is 5.76 Å². The zero-order chi connectivity index (χ0) is 21.8. The van der Waals surface area contributed by atoms with Crippen LogP contribution >= 0.6 is 15.9 Å². The van der Waals surface area contributed by atoms with Crippen LogP contribution in [0.2, 0.25) is 0 Å². The summed E-state index contributed by atoms with van der Waals surface area (Å²) < 4.78 is 5.89. The van der Waals surface area contributed by atoms with Crippen LogP contribution in [-0.2, 0) is 16.0 Å². The fourth-order valence-electron chi connectivity index (χ4n) is 3.69. The van der Waals surface area contributed by atoms with Crippen molar-refractivity contribution in [3.05, 3.63) is 69.2 Å². The SMILES string of the molecule is CCCCN1C(=O)C(=O)/C(=C(\O)c2ccc(OC)c(Br)c2)C1c1ccc(CC)cc1. The standard InChI is InChI=1S/C24H26BrNO4/c1-4-6-13-26-21(16-9-7-15(5-2)8-10-16)20(23(28)24(26)29)22(27)17-11-12-19(30-3)18(25)14-17/h7-12,14,21,27H,4-6,13H2,1-3H3/b22-20-. The summed E-state index contributed by atoms with van der Waals surface area (Å²) in [5, 5.41) is 11.1. The van der Waals surface area contributed by atoms with Crippen molar-refractivity contribution in [1.29, 1.82) is 0 Å². The van der Waals surface area contributed by atoms with E-state index in [0.717, 1.165) is 24.8 Å². The number of methoxy groups -OCH3 is 1. The number of amides is 1. The second-order valence-corrected chi connectivity index (χ2v) is 8.14. The molecule has 2 aromatic rings. The molecule has 1 N–H and O–H groups in total. The van der Waals surface area contributed by atoms with Crippen molar-refractivity contribution in [2.45, 2.75) is 39.2 Å². The van der Waals surface area contributed by atoms with E-state index < -0.39 is 17.7 Å². The van der Waals surface area contributed by atoms with Crippen LogP contribution in [0, 0.1) is 0 Å². The molecule has 1 atom stereocenters. The number of unbranched alkanes of at least 4 members (excludes halogenated alkanes) is 1. The van der Waals surface area contributed by atoms with Gasteiger partial charge in [-0.05, 0) is 58.1 Å². The Morgan fingerprint density at radius 1 is 1.13 bits per heavy atom. The molecule has 0 spiro atoms. The largest absolute Gasteiger partial charge is 0.507 e. The van der Waals surface area contributed by atoms with Gasteiger partial charge in [0.2, 0.25) is 0 Å². The molecule has 1 heterocycles. The second-order valence-electron chi connectivity index (χ2n) is 7.29. The number of aliphatic hydroxyl groups excluding tert-OH is 1. The number of benzene rings is 2. The van der Waals surface area contributed by atoms with E-state index >= 15 is 0 Å². The first-order valence-corrected chi connectivity index (χ1v) is 10.9. The van der Waals surface area contributed by atoms with Crippen molar-refractivity contribution in [3.8, 4) is 5.75 Å². The molecule has 1 unspecified atom stereocenters. The maximum absolute atomic E-state index is 13.0. The summed E-state index contributed by atoms with van der Waals surface area (Å²) in [6, 6.07) is 12.3. The van der Waals surface area contributed by atoms with Gasteiger partial charge in [0.25, 0.3) is 11.7 Å². The molecule has 3 rings (SSSR count). The quantitative estimate of drug-likeness (QED) is 0.340. The molecule has 1 saturated heterocycles. The monoisotopic (exact) mass is 471 g/mol. The highest BCUT2D eigenvalue weighted by atomic mass is 79.9. The number of hydrogen-bond acceptors (Lipinski definition) is 4. The summed E-state index contributed by atoms with van der Waals surface area (Å²) in [5.41, 5.74) is 2.56. The predicted molar refractivity (Wildman–Crippen MR) is 120 cm³/mol. The zero-order valence-electron chi connectivity index (χ0n) is 17.4. The van der Waals surface area contributed by atoms with Crippen LogP contribution in [0.5, 0.6) is 5.75 Å². The Labute approximate surface area is 185 Å². The molecule has 5 nitrogen and oxygen atoms in total. The molecule has 158 valence electrons. The van der Waals surface area contributed by atoms with Gasteiger partial charge in [-0.3, -0.25) is 9.59 Å². The molecular weight excluding hydrogens is 446 g/mol. The Morgan fingerprint density at radius 2 is 1.83 bits per heavy atom. The Bertz CT molecular complexity index is 981. The number of aryl methyl sites for hydroxylation is 1. The van der Waals surface area contributed by atoms with Crippen molar-refractivity contribution in [1.82, 2.24) is 4.90 Å². The summed E-state index contributed by atoms with van der Waals surface area (Å²) in [5.74, 6) is -0.788. The van der Waals surface area contributed by atoms with Gasteiger partial charge in [0.15, 0.2) is 0 Å². The molecule has 0 aliphatic carbocycles. The number of rotatable bonds is 7. The number of Topliss-reactive ketones (excluding diaryl/α,β-unsaturated/α-hetero) is 1. The van der Waals surface area contributed by atoms with Crippen LogP contribution in [0.15, 0.2) is 52.5 Å². The smallest absolute Gasteiger partial charge is 0.295 e. The minimum atomic E-state index is -0.653. The lowest BCUT2D eigenvalue weighted by atomic mass is 9.94. The third-order valence-corrected chi connectivity index (χ3v) is 6.04. The van der Waals surface area contributed by atoms with Gasteiger partial charge >= 0.3 is 0 Å². The fraction of sp³-hybridized carbons (Fsp3) is 0.333. The first-order chi connectivity index (χ1) is 14.4. The van der Waals surface area contributed by atoms with Gasteiger partial charge in [0.1, 0.15) is 11.5 Å². The van der Waals surface area contributed by atoms with Gasteiger partial charge < -0.3 is 14.7 Å². The molecule has 0 bridgehead atoms. The van der Waals surface area contributed by atoms with E-state index in [1.165, 1.54) is 5.56 Å². The summed E-state index contributed by atoms with van der Waals surface area (Å²) in [6.07, 6.45) is 2.58. The van der Waals surface area contributed by atoms with Crippen molar-refractivity contribution in [3.63, 3.8) is 0 Å². The number of ether oxygens (including phenoxy) is 1. The third kappa shape index (κ3) is 4.15. The topological polar surface area (TPSA) is 66.8 Å². The van der Waals surface area contributed by atoms with E-state index in [4.69, 9.17) is 4.74 Å². The normalized spacial score (nSPS) is 18.1. The number of nitrogens with zero attached hydrogens (tertiary/aromatic N) is 1. The number of carbonyl (C=O) groups is 2. The molecule has 1 aliphatic rings. The minimum Gasteiger partial charge on any atom is -0.507 e. The fourth-order valence-corrected chi connectivity index (χ4v) is 4.23. The number of ketones is 1. The molecule has 1 fully saturated rings. The maximum atomic E-state index is 13.0. The predicted octanol–water partition coefficient (Wildman–Crippen LogP) is 5.24. The summed E-state index contributed by atoms with van der Waals surface area (Å²) in [7, 11) is 1.55. The number of halogens is 1. The van der Waals surface area contributed by atoms with Crippen LogP contribution in [0.4, 0.5) is 0 Å². The zero-order valence-corrected chi connectivity index (χ0v) is 19.0. The lowest BCUT2D eigenvalue weighted by Gasteiger charge is -2.25. The van der Waals surface area contributed by atoms with Crippen molar-refractivity contribution in [2.24, 2.45) is 0 Å². The molecule has 6 heteroatoms. The Morgan fingerprint density at radius 3 is 2.40 bits per heavy atom. The molecule has 0 radical (unpaired) electrons. The Balaban J connectivity index is 2.14. The van der Waals surface area contributed by atoms with E-state index in [1.807, 2.05) is 31.2 Å². The highest BCUT2D eigenvalue weighted by Gasteiger charge is 2.45. The first kappa shape index (κ1) is 22.1. The van der Waals surface area contributed by atoms with Gasteiger partial charge in [-0.2, -0.15) is 0 Å². The van der Waals surface area contributed by atoms with Gasteiger partial charge in [-0.1, -0.05) is 44.5 Å². The van der Waals surface area contributed by atoms with Gasteiger partial charge in [-0.15, -0.1) is 0 Å². The summed E-state index contributed by atoms with van der Waals surface area (Å²) in [4.78, 5) is 27.4. The van der Waals surface area contributed by atoms with Gasteiger partial charge in [0.05, 0.1) is 23.2 Å². The number of likely N-dealkylation sites (tertiary alicyclic amines) is 1. The van der Waals surface area contributed by atoms with Crippen LogP contribution in [0.1, 0.15) is 49.4 Å². The van der Waals surface area contributed by atoms with Crippen molar-refractivity contribution < 1.29 is 19.4 Å². The van der Waals surface area contributed by atoms with E-state index in [1.54, 1.807) is 30.2 Å². The summed E-state index contributed by atoms with van der Waals surface area (Å²) >= 11 is 3.41. The third-order valence-electron chi connectivity index (χ3n) is 5.42. The number of aliphatic hydroxyl groups is 1. The molecule has 2 aromatic carbocycles. The van der Waals surface area contributed by atoms with Gasteiger partial charge in [0, 0.05) is 12.1 Å². The average Bonchev–Trinajstić information content (AvgIpc) is 3.01. The lowest BCUT2D eigenvalue weighted by Crippen LogP contribution is -2.30.